The molecular weight excluding hydrogens is 226 g/mol. The average Bonchev–Trinajstić information content (AvgIpc) is 2.32. The second kappa shape index (κ2) is 5.11. The van der Waals surface area contributed by atoms with Gasteiger partial charge in [-0.3, -0.25) is 4.79 Å². The van der Waals surface area contributed by atoms with Crippen LogP contribution in [-0.4, -0.2) is 35.1 Å². The lowest BCUT2D eigenvalue weighted by atomic mass is 9.95. The van der Waals surface area contributed by atoms with Gasteiger partial charge in [-0.2, -0.15) is 0 Å². The molecule has 1 amide bonds. The zero-order valence-electron chi connectivity index (χ0n) is 11.3. The Morgan fingerprint density at radius 2 is 1.94 bits per heavy atom. The van der Waals surface area contributed by atoms with Gasteiger partial charge in [0.25, 0.3) is 5.91 Å². The van der Waals surface area contributed by atoms with E-state index in [1.165, 1.54) is 0 Å². The Labute approximate surface area is 108 Å². The van der Waals surface area contributed by atoms with Crippen molar-refractivity contribution in [3.05, 3.63) is 34.9 Å². The maximum absolute atomic E-state index is 12.5. The first-order chi connectivity index (χ1) is 8.50. The third-order valence-corrected chi connectivity index (χ3v) is 3.84. The zero-order chi connectivity index (χ0) is 13.3. The molecule has 2 rings (SSSR count). The van der Waals surface area contributed by atoms with Crippen LogP contribution in [0.1, 0.15) is 34.8 Å². The molecule has 0 radical (unpaired) electrons. The minimum atomic E-state index is -0.271. The van der Waals surface area contributed by atoms with Crippen LogP contribution in [0.5, 0.6) is 0 Å². The monoisotopic (exact) mass is 247 g/mol. The summed E-state index contributed by atoms with van der Waals surface area (Å²) in [6.07, 6.45) is 0.407. The summed E-state index contributed by atoms with van der Waals surface area (Å²) in [6, 6.07) is 5.93. The van der Waals surface area contributed by atoms with Crippen molar-refractivity contribution in [1.82, 2.24) is 4.90 Å². The lowest BCUT2D eigenvalue weighted by Crippen LogP contribution is -2.45. The van der Waals surface area contributed by atoms with E-state index in [0.717, 1.165) is 16.7 Å². The fourth-order valence-electron chi connectivity index (χ4n) is 2.63. The quantitative estimate of drug-likeness (QED) is 0.826. The van der Waals surface area contributed by atoms with Gasteiger partial charge < -0.3 is 10.0 Å². The van der Waals surface area contributed by atoms with E-state index < -0.39 is 0 Å². The molecule has 98 valence electrons. The molecule has 1 aromatic carbocycles. The average molecular weight is 247 g/mol. The molecule has 0 saturated carbocycles. The van der Waals surface area contributed by atoms with E-state index in [2.05, 4.69) is 0 Å². The Kier molecular flexibility index (Phi) is 3.71. The fourth-order valence-corrected chi connectivity index (χ4v) is 2.63. The molecule has 1 fully saturated rings. The van der Waals surface area contributed by atoms with Gasteiger partial charge in [-0.15, -0.1) is 0 Å². The van der Waals surface area contributed by atoms with E-state index in [9.17, 15) is 9.90 Å². The highest BCUT2D eigenvalue weighted by molar-refractivity contribution is 5.97. The molecule has 3 nitrogen and oxygen atoms in total. The van der Waals surface area contributed by atoms with Crippen molar-refractivity contribution < 1.29 is 9.90 Å². The molecule has 0 bridgehead atoms. The van der Waals surface area contributed by atoms with Crippen LogP contribution < -0.4 is 0 Å². The standard InChI is InChI=1S/C15H21NO2/c1-10-5-4-6-11(2)14(10)15(18)16-8-7-13(17)12(3)9-16/h4-6,12-13,17H,7-9H2,1-3H3. The van der Waals surface area contributed by atoms with E-state index in [-0.39, 0.29) is 17.9 Å². The first-order valence-corrected chi connectivity index (χ1v) is 6.54. The molecule has 1 heterocycles. The molecule has 2 atom stereocenters. The molecule has 1 aliphatic rings. The molecule has 1 N–H and O–H groups in total. The molecule has 0 spiro atoms. The summed E-state index contributed by atoms with van der Waals surface area (Å²) in [6.45, 7) is 7.24. The van der Waals surface area contributed by atoms with Crippen LogP contribution in [0.4, 0.5) is 0 Å². The van der Waals surface area contributed by atoms with Crippen LogP contribution in [-0.2, 0) is 0 Å². The summed E-state index contributed by atoms with van der Waals surface area (Å²) in [5, 5.41) is 9.72. The normalized spacial score (nSPS) is 24.1. The van der Waals surface area contributed by atoms with Gasteiger partial charge in [0.1, 0.15) is 0 Å². The van der Waals surface area contributed by atoms with Crippen molar-refractivity contribution in [1.29, 1.82) is 0 Å². The number of aliphatic hydroxyl groups is 1. The Hall–Kier alpha value is -1.35. The summed E-state index contributed by atoms with van der Waals surface area (Å²) in [4.78, 5) is 14.4. The van der Waals surface area contributed by atoms with Crippen molar-refractivity contribution in [2.24, 2.45) is 5.92 Å². The van der Waals surface area contributed by atoms with Crippen LogP contribution in [0.3, 0.4) is 0 Å². The van der Waals surface area contributed by atoms with Gasteiger partial charge in [-0.05, 0) is 37.3 Å². The first kappa shape index (κ1) is 13.1. The number of aliphatic hydroxyl groups excluding tert-OH is 1. The number of nitrogens with zero attached hydrogens (tertiary/aromatic N) is 1. The SMILES string of the molecule is Cc1cccc(C)c1C(=O)N1CCC(O)C(C)C1. The van der Waals surface area contributed by atoms with Gasteiger partial charge >= 0.3 is 0 Å². The minimum Gasteiger partial charge on any atom is -0.393 e. The number of amides is 1. The van der Waals surface area contributed by atoms with Gasteiger partial charge in [-0.1, -0.05) is 25.1 Å². The number of rotatable bonds is 1. The highest BCUT2D eigenvalue weighted by atomic mass is 16.3. The first-order valence-electron chi connectivity index (χ1n) is 6.54. The number of piperidine rings is 1. The van der Waals surface area contributed by atoms with Crippen LogP contribution in [0.25, 0.3) is 0 Å². The van der Waals surface area contributed by atoms with Crippen molar-refractivity contribution >= 4 is 5.91 Å². The van der Waals surface area contributed by atoms with E-state index in [4.69, 9.17) is 0 Å². The van der Waals surface area contributed by atoms with Gasteiger partial charge in [0, 0.05) is 18.7 Å². The molecule has 1 aliphatic heterocycles. The maximum Gasteiger partial charge on any atom is 0.254 e. The predicted octanol–water partition coefficient (Wildman–Crippen LogP) is 2.15. The lowest BCUT2D eigenvalue weighted by Gasteiger charge is -2.35. The van der Waals surface area contributed by atoms with Gasteiger partial charge in [0.05, 0.1) is 6.10 Å². The number of carbonyl (C=O) groups excluding carboxylic acids is 1. The topological polar surface area (TPSA) is 40.5 Å². The summed E-state index contributed by atoms with van der Waals surface area (Å²) in [7, 11) is 0. The lowest BCUT2D eigenvalue weighted by molar-refractivity contribution is 0.0297. The van der Waals surface area contributed by atoms with E-state index in [1.807, 2.05) is 43.9 Å². The molecule has 0 aliphatic carbocycles. The third kappa shape index (κ3) is 2.41. The molecule has 2 unspecified atom stereocenters. The van der Waals surface area contributed by atoms with Crippen molar-refractivity contribution in [2.75, 3.05) is 13.1 Å². The molecule has 3 heteroatoms. The van der Waals surface area contributed by atoms with E-state index >= 15 is 0 Å². The summed E-state index contributed by atoms with van der Waals surface area (Å²) < 4.78 is 0. The second-order valence-corrected chi connectivity index (χ2v) is 5.35. The van der Waals surface area contributed by atoms with Crippen molar-refractivity contribution in [3.8, 4) is 0 Å². The molecule has 18 heavy (non-hydrogen) atoms. The number of benzene rings is 1. The molecule has 1 saturated heterocycles. The highest BCUT2D eigenvalue weighted by Gasteiger charge is 2.28. The fraction of sp³-hybridized carbons (Fsp3) is 0.533. The smallest absolute Gasteiger partial charge is 0.254 e. The summed E-state index contributed by atoms with van der Waals surface area (Å²) >= 11 is 0. The van der Waals surface area contributed by atoms with Crippen LogP contribution in [0.15, 0.2) is 18.2 Å². The van der Waals surface area contributed by atoms with Gasteiger partial charge in [0.15, 0.2) is 0 Å². The Morgan fingerprint density at radius 3 is 2.50 bits per heavy atom. The van der Waals surface area contributed by atoms with Gasteiger partial charge in [-0.25, -0.2) is 0 Å². The zero-order valence-corrected chi connectivity index (χ0v) is 11.3. The Bertz CT molecular complexity index is 436. The van der Waals surface area contributed by atoms with Crippen molar-refractivity contribution in [3.63, 3.8) is 0 Å². The highest BCUT2D eigenvalue weighted by Crippen LogP contribution is 2.21. The number of carbonyl (C=O) groups is 1. The Morgan fingerprint density at radius 1 is 1.33 bits per heavy atom. The molecular formula is C15H21NO2. The molecule has 1 aromatic rings. The predicted molar refractivity (Wildman–Crippen MR) is 71.6 cm³/mol. The van der Waals surface area contributed by atoms with E-state index in [1.54, 1.807) is 0 Å². The maximum atomic E-state index is 12.5. The number of likely N-dealkylation sites (tertiary alicyclic amines) is 1. The van der Waals surface area contributed by atoms with Gasteiger partial charge in [0.2, 0.25) is 0 Å². The number of hydrogen-bond acceptors (Lipinski definition) is 2. The second-order valence-electron chi connectivity index (χ2n) is 5.35. The van der Waals surface area contributed by atoms with Crippen molar-refractivity contribution in [2.45, 2.75) is 33.3 Å². The summed E-state index contributed by atoms with van der Waals surface area (Å²) in [5.74, 6) is 0.261. The summed E-state index contributed by atoms with van der Waals surface area (Å²) in [5.41, 5.74) is 2.87. The number of hydrogen-bond donors (Lipinski definition) is 1. The third-order valence-electron chi connectivity index (χ3n) is 3.84. The molecule has 0 aromatic heterocycles. The van der Waals surface area contributed by atoms with Crippen LogP contribution >= 0.6 is 0 Å². The van der Waals surface area contributed by atoms with Crippen LogP contribution in [0, 0.1) is 19.8 Å². The van der Waals surface area contributed by atoms with Crippen LogP contribution in [0.2, 0.25) is 0 Å². The van der Waals surface area contributed by atoms with E-state index in [0.29, 0.717) is 19.5 Å². The Balaban J connectivity index is 2.22. The number of aryl methyl sites for hydroxylation is 2. The largest absolute Gasteiger partial charge is 0.393 e. The minimum absolute atomic E-state index is 0.101.